The highest BCUT2D eigenvalue weighted by atomic mass is 16.5. The normalized spacial score (nSPS) is 11.0. The zero-order valence-corrected chi connectivity index (χ0v) is 8.57. The van der Waals surface area contributed by atoms with E-state index in [0.29, 0.717) is 6.10 Å². The number of hydrogen-bond acceptors (Lipinski definition) is 1. The molecule has 0 saturated carbocycles. The highest BCUT2D eigenvalue weighted by Gasteiger charge is 1.93. The Morgan fingerprint density at radius 2 is 1.85 bits per heavy atom. The fourth-order valence-corrected chi connectivity index (χ4v) is 1.23. The van der Waals surface area contributed by atoms with Gasteiger partial charge in [0.05, 0.1) is 6.10 Å². The molecule has 0 unspecified atom stereocenters. The van der Waals surface area contributed by atoms with Gasteiger partial charge in [-0.3, -0.25) is 0 Å². The minimum Gasteiger partial charge on any atom is -0.379 e. The van der Waals surface area contributed by atoms with Crippen molar-refractivity contribution in [1.82, 2.24) is 4.57 Å². The Kier molecular flexibility index (Phi) is 4.61. The lowest BCUT2D eigenvalue weighted by atomic mass is 10.3. The van der Waals surface area contributed by atoms with E-state index in [0.717, 1.165) is 19.6 Å². The first-order valence-electron chi connectivity index (χ1n) is 5.01. The number of rotatable bonds is 6. The first-order valence-corrected chi connectivity index (χ1v) is 5.01. The number of nitrogens with zero attached hydrogens (tertiary/aromatic N) is 1. The maximum Gasteiger partial charge on any atom is 0.0518 e. The van der Waals surface area contributed by atoms with E-state index >= 15 is 0 Å². The number of unbranched alkanes of at least 4 members (excludes halogenated alkanes) is 1. The van der Waals surface area contributed by atoms with Gasteiger partial charge in [0.15, 0.2) is 0 Å². The largest absolute Gasteiger partial charge is 0.379 e. The molecule has 0 fully saturated rings. The highest BCUT2D eigenvalue weighted by molar-refractivity contribution is 4.89. The van der Waals surface area contributed by atoms with Gasteiger partial charge in [-0.05, 0) is 38.8 Å². The molecule has 0 aromatic carbocycles. The van der Waals surface area contributed by atoms with Gasteiger partial charge in [0, 0.05) is 25.5 Å². The molecular weight excluding hydrogens is 162 g/mol. The summed E-state index contributed by atoms with van der Waals surface area (Å²) in [6.07, 6.45) is 6.91. The van der Waals surface area contributed by atoms with Gasteiger partial charge in [-0.25, -0.2) is 0 Å². The van der Waals surface area contributed by atoms with Crippen molar-refractivity contribution in [3.8, 4) is 0 Å². The molecular formula is C11H19NO. The maximum atomic E-state index is 5.45. The highest BCUT2D eigenvalue weighted by Crippen LogP contribution is 1.98. The van der Waals surface area contributed by atoms with Crippen molar-refractivity contribution >= 4 is 0 Å². The van der Waals surface area contributed by atoms with Crippen molar-refractivity contribution in [2.45, 2.75) is 39.3 Å². The SMILES string of the molecule is CC(C)OCCCCn1cccc1. The van der Waals surface area contributed by atoms with E-state index in [1.165, 1.54) is 6.42 Å². The molecule has 1 aromatic rings. The van der Waals surface area contributed by atoms with Crippen molar-refractivity contribution in [3.63, 3.8) is 0 Å². The molecule has 1 heterocycles. The molecule has 0 radical (unpaired) electrons. The van der Waals surface area contributed by atoms with Gasteiger partial charge in [-0.15, -0.1) is 0 Å². The standard InChI is InChI=1S/C11H19NO/c1-11(2)13-10-6-5-9-12-7-3-4-8-12/h3-4,7-8,11H,5-6,9-10H2,1-2H3. The zero-order chi connectivity index (χ0) is 9.52. The molecule has 1 aromatic heterocycles. The quantitative estimate of drug-likeness (QED) is 0.615. The molecule has 2 heteroatoms. The van der Waals surface area contributed by atoms with Crippen molar-refractivity contribution in [2.24, 2.45) is 0 Å². The predicted octanol–water partition coefficient (Wildman–Crippen LogP) is 2.69. The molecule has 0 atom stereocenters. The first-order chi connectivity index (χ1) is 6.29. The minimum atomic E-state index is 0.367. The van der Waals surface area contributed by atoms with Crippen LogP contribution in [0.1, 0.15) is 26.7 Å². The molecule has 0 amide bonds. The Hall–Kier alpha value is -0.760. The van der Waals surface area contributed by atoms with Crippen LogP contribution in [0, 0.1) is 0 Å². The molecule has 0 saturated heterocycles. The molecule has 1 rings (SSSR count). The summed E-state index contributed by atoms with van der Waals surface area (Å²) in [4.78, 5) is 0. The fraction of sp³-hybridized carbons (Fsp3) is 0.636. The zero-order valence-electron chi connectivity index (χ0n) is 8.57. The Morgan fingerprint density at radius 3 is 2.46 bits per heavy atom. The topological polar surface area (TPSA) is 14.2 Å². The molecule has 13 heavy (non-hydrogen) atoms. The van der Waals surface area contributed by atoms with E-state index in [4.69, 9.17) is 4.74 Å². The summed E-state index contributed by atoms with van der Waals surface area (Å²) in [5, 5.41) is 0. The third kappa shape index (κ3) is 4.73. The van der Waals surface area contributed by atoms with Crippen LogP contribution in [0.4, 0.5) is 0 Å². The van der Waals surface area contributed by atoms with Gasteiger partial charge in [0.1, 0.15) is 0 Å². The maximum absolute atomic E-state index is 5.45. The summed E-state index contributed by atoms with van der Waals surface area (Å²) >= 11 is 0. The average Bonchev–Trinajstić information content (AvgIpc) is 2.55. The smallest absolute Gasteiger partial charge is 0.0518 e. The van der Waals surface area contributed by atoms with Crippen molar-refractivity contribution in [1.29, 1.82) is 0 Å². The second kappa shape index (κ2) is 5.81. The van der Waals surface area contributed by atoms with Crippen molar-refractivity contribution in [2.75, 3.05) is 6.61 Å². The van der Waals surface area contributed by atoms with Gasteiger partial charge < -0.3 is 9.30 Å². The predicted molar refractivity (Wildman–Crippen MR) is 54.8 cm³/mol. The molecule has 0 spiro atoms. The second-order valence-electron chi connectivity index (χ2n) is 3.55. The first kappa shape index (κ1) is 10.3. The second-order valence-corrected chi connectivity index (χ2v) is 3.55. The number of aryl methyl sites for hydroxylation is 1. The average molecular weight is 181 g/mol. The molecule has 0 aliphatic rings. The van der Waals surface area contributed by atoms with Crippen LogP contribution in [0.3, 0.4) is 0 Å². The molecule has 2 nitrogen and oxygen atoms in total. The van der Waals surface area contributed by atoms with Gasteiger partial charge in [0.25, 0.3) is 0 Å². The van der Waals surface area contributed by atoms with Crippen LogP contribution >= 0.6 is 0 Å². The van der Waals surface area contributed by atoms with Crippen LogP contribution in [0.15, 0.2) is 24.5 Å². The summed E-state index contributed by atoms with van der Waals surface area (Å²) in [7, 11) is 0. The molecule has 0 bridgehead atoms. The Labute approximate surface area is 80.5 Å². The van der Waals surface area contributed by atoms with Crippen LogP contribution in [-0.4, -0.2) is 17.3 Å². The lowest BCUT2D eigenvalue weighted by Gasteiger charge is -2.07. The Bertz CT molecular complexity index is 204. The number of aromatic nitrogens is 1. The van der Waals surface area contributed by atoms with E-state index < -0.39 is 0 Å². The summed E-state index contributed by atoms with van der Waals surface area (Å²) in [5.41, 5.74) is 0. The third-order valence-electron chi connectivity index (χ3n) is 1.93. The van der Waals surface area contributed by atoms with Gasteiger partial charge in [0.2, 0.25) is 0 Å². The fourth-order valence-electron chi connectivity index (χ4n) is 1.23. The van der Waals surface area contributed by atoms with E-state index in [2.05, 4.69) is 42.9 Å². The number of ether oxygens (including phenoxy) is 1. The summed E-state index contributed by atoms with van der Waals surface area (Å²) in [6, 6.07) is 4.12. The van der Waals surface area contributed by atoms with Crippen LogP contribution in [0.2, 0.25) is 0 Å². The van der Waals surface area contributed by atoms with Gasteiger partial charge in [-0.2, -0.15) is 0 Å². The summed E-state index contributed by atoms with van der Waals surface area (Å²) in [6.45, 7) is 6.14. The van der Waals surface area contributed by atoms with Gasteiger partial charge >= 0.3 is 0 Å². The van der Waals surface area contributed by atoms with Crippen molar-refractivity contribution < 1.29 is 4.74 Å². The summed E-state index contributed by atoms with van der Waals surface area (Å²) < 4.78 is 7.66. The lowest BCUT2D eigenvalue weighted by Crippen LogP contribution is -2.04. The lowest BCUT2D eigenvalue weighted by molar-refractivity contribution is 0.0754. The van der Waals surface area contributed by atoms with Crippen LogP contribution in [0.5, 0.6) is 0 Å². The minimum absolute atomic E-state index is 0.367. The van der Waals surface area contributed by atoms with Crippen LogP contribution in [0.25, 0.3) is 0 Å². The number of hydrogen-bond donors (Lipinski definition) is 0. The monoisotopic (exact) mass is 181 g/mol. The van der Waals surface area contributed by atoms with E-state index in [-0.39, 0.29) is 0 Å². The molecule has 0 aliphatic carbocycles. The van der Waals surface area contributed by atoms with Crippen LogP contribution in [-0.2, 0) is 11.3 Å². The third-order valence-corrected chi connectivity index (χ3v) is 1.93. The van der Waals surface area contributed by atoms with E-state index in [9.17, 15) is 0 Å². The molecule has 0 aliphatic heterocycles. The Morgan fingerprint density at radius 1 is 1.15 bits per heavy atom. The van der Waals surface area contributed by atoms with Gasteiger partial charge in [-0.1, -0.05) is 0 Å². The van der Waals surface area contributed by atoms with Crippen molar-refractivity contribution in [3.05, 3.63) is 24.5 Å². The summed E-state index contributed by atoms with van der Waals surface area (Å²) in [5.74, 6) is 0. The van der Waals surface area contributed by atoms with E-state index in [1.807, 2.05) is 0 Å². The molecule has 0 N–H and O–H groups in total. The molecule has 74 valence electrons. The van der Waals surface area contributed by atoms with E-state index in [1.54, 1.807) is 0 Å². The van der Waals surface area contributed by atoms with Crippen LogP contribution < -0.4 is 0 Å². The Balaban J connectivity index is 1.96.